The predicted octanol–water partition coefficient (Wildman–Crippen LogP) is 4.77. The Morgan fingerprint density at radius 3 is 2.68 bits per heavy atom. The highest BCUT2D eigenvalue weighted by Crippen LogP contribution is 2.30. The van der Waals surface area contributed by atoms with Crippen molar-refractivity contribution in [2.75, 3.05) is 5.73 Å². The van der Waals surface area contributed by atoms with Crippen LogP contribution in [0.5, 0.6) is 0 Å². The standard InChI is InChI=1S/C23H24N4O/c1-4-6-17-18(11-12-26-21(17)5-2)22(28)19-10-9-16(13-20(19)24)23(25)27-14(3)15-7-8-15/h4-6,9-13,15,25H,2,7-8,24H2,1,3H3/b6-4-,25-23?,27-14?. The molecule has 1 heterocycles. The fraction of sp³-hybridized carbons (Fsp3) is 0.217. The van der Waals surface area contributed by atoms with E-state index in [1.54, 1.807) is 36.5 Å². The lowest BCUT2D eigenvalue weighted by Gasteiger charge is -2.11. The van der Waals surface area contributed by atoms with Crippen LogP contribution in [0.2, 0.25) is 0 Å². The third-order valence-electron chi connectivity index (χ3n) is 4.82. The van der Waals surface area contributed by atoms with Crippen molar-refractivity contribution in [1.82, 2.24) is 4.98 Å². The molecule has 0 saturated heterocycles. The van der Waals surface area contributed by atoms with Gasteiger partial charge in [0.25, 0.3) is 0 Å². The van der Waals surface area contributed by atoms with Gasteiger partial charge in [0.05, 0.1) is 5.69 Å². The second-order valence-corrected chi connectivity index (χ2v) is 6.87. The zero-order valence-corrected chi connectivity index (χ0v) is 16.2. The summed E-state index contributed by atoms with van der Waals surface area (Å²) in [6, 6.07) is 6.71. The van der Waals surface area contributed by atoms with Gasteiger partial charge in [-0.1, -0.05) is 24.8 Å². The van der Waals surface area contributed by atoms with Gasteiger partial charge in [-0.15, -0.1) is 0 Å². The Morgan fingerprint density at radius 1 is 1.32 bits per heavy atom. The Labute approximate surface area is 165 Å². The maximum atomic E-state index is 13.1. The van der Waals surface area contributed by atoms with Gasteiger partial charge in [0.1, 0.15) is 0 Å². The van der Waals surface area contributed by atoms with E-state index in [2.05, 4.69) is 16.6 Å². The number of aromatic nitrogens is 1. The van der Waals surface area contributed by atoms with Crippen LogP contribution in [0.4, 0.5) is 5.69 Å². The largest absolute Gasteiger partial charge is 0.398 e. The van der Waals surface area contributed by atoms with Crippen LogP contribution in [0, 0.1) is 11.3 Å². The average molecular weight is 372 g/mol. The molecule has 28 heavy (non-hydrogen) atoms. The molecule has 5 heteroatoms. The molecule has 1 fully saturated rings. The van der Waals surface area contributed by atoms with Crippen LogP contribution >= 0.6 is 0 Å². The Kier molecular flexibility index (Phi) is 5.64. The average Bonchev–Trinajstić information content (AvgIpc) is 3.53. The molecule has 1 aromatic carbocycles. The SMILES string of the molecule is C=Cc1nccc(C(=O)c2ccc(C(=N)N=C(C)C3CC3)cc2N)c1/C=C\C. The van der Waals surface area contributed by atoms with E-state index in [0.29, 0.717) is 39.6 Å². The summed E-state index contributed by atoms with van der Waals surface area (Å²) >= 11 is 0. The molecule has 3 rings (SSSR count). The molecular formula is C23H24N4O. The lowest BCUT2D eigenvalue weighted by molar-refractivity contribution is 0.103. The predicted molar refractivity (Wildman–Crippen MR) is 116 cm³/mol. The molecule has 3 N–H and O–H groups in total. The van der Waals surface area contributed by atoms with Crippen LogP contribution in [0.1, 0.15) is 59.4 Å². The van der Waals surface area contributed by atoms with Crippen molar-refractivity contribution in [2.24, 2.45) is 10.9 Å². The zero-order chi connectivity index (χ0) is 20.3. The van der Waals surface area contributed by atoms with Crippen LogP contribution in [-0.4, -0.2) is 22.3 Å². The van der Waals surface area contributed by atoms with E-state index in [4.69, 9.17) is 11.1 Å². The third-order valence-corrected chi connectivity index (χ3v) is 4.82. The number of hydrogen-bond donors (Lipinski definition) is 2. The monoisotopic (exact) mass is 372 g/mol. The molecule has 0 atom stereocenters. The van der Waals surface area contributed by atoms with Gasteiger partial charge < -0.3 is 5.73 Å². The Hall–Kier alpha value is -3.34. The first-order valence-corrected chi connectivity index (χ1v) is 9.28. The van der Waals surface area contributed by atoms with Crippen LogP contribution < -0.4 is 5.73 Å². The Bertz CT molecular complexity index is 1010. The second kappa shape index (κ2) is 8.13. The van der Waals surface area contributed by atoms with Gasteiger partial charge in [0.2, 0.25) is 0 Å². The van der Waals surface area contributed by atoms with Gasteiger partial charge >= 0.3 is 0 Å². The second-order valence-electron chi connectivity index (χ2n) is 6.87. The minimum Gasteiger partial charge on any atom is -0.398 e. The number of carbonyl (C=O) groups is 1. The minimum atomic E-state index is -0.188. The number of ketones is 1. The summed E-state index contributed by atoms with van der Waals surface area (Å²) in [5.41, 5.74) is 10.4. The van der Waals surface area contributed by atoms with E-state index < -0.39 is 0 Å². The smallest absolute Gasteiger partial charge is 0.195 e. The van der Waals surface area contributed by atoms with Crippen LogP contribution in [0.15, 0.2) is 48.1 Å². The summed E-state index contributed by atoms with van der Waals surface area (Å²) in [4.78, 5) is 21.8. The van der Waals surface area contributed by atoms with Crippen molar-refractivity contribution in [2.45, 2.75) is 26.7 Å². The highest BCUT2D eigenvalue weighted by molar-refractivity contribution is 6.15. The topological polar surface area (TPSA) is 92.2 Å². The number of carbonyl (C=O) groups excluding carboxylic acids is 1. The van der Waals surface area contributed by atoms with Crippen molar-refractivity contribution >= 4 is 35.2 Å². The molecule has 1 aliphatic carbocycles. The molecule has 0 bridgehead atoms. The molecule has 1 aliphatic rings. The molecule has 2 aromatic rings. The van der Waals surface area contributed by atoms with Crippen molar-refractivity contribution in [3.05, 3.63) is 71.1 Å². The van der Waals surface area contributed by atoms with E-state index in [1.165, 1.54) is 0 Å². The van der Waals surface area contributed by atoms with Crippen LogP contribution in [0.3, 0.4) is 0 Å². The molecule has 0 unspecified atom stereocenters. The summed E-state index contributed by atoms with van der Waals surface area (Å²) < 4.78 is 0. The molecule has 0 aliphatic heterocycles. The number of nitrogens with one attached hydrogen (secondary N) is 1. The van der Waals surface area contributed by atoms with Crippen molar-refractivity contribution in [1.29, 1.82) is 5.41 Å². The fourth-order valence-corrected chi connectivity index (χ4v) is 3.09. The number of nitrogens with zero attached hydrogens (tertiary/aromatic N) is 2. The number of benzene rings is 1. The molecular weight excluding hydrogens is 348 g/mol. The number of anilines is 1. The Balaban J connectivity index is 1.95. The summed E-state index contributed by atoms with van der Waals surface area (Å²) in [5.74, 6) is 0.490. The number of rotatable bonds is 6. The summed E-state index contributed by atoms with van der Waals surface area (Å²) in [6.07, 6.45) is 9.20. The number of allylic oxidation sites excluding steroid dienone is 1. The first kappa shape index (κ1) is 19.4. The van der Waals surface area contributed by atoms with Gasteiger partial charge in [0, 0.05) is 39.8 Å². The van der Waals surface area contributed by atoms with Crippen molar-refractivity contribution in [3.8, 4) is 0 Å². The van der Waals surface area contributed by atoms with E-state index in [9.17, 15) is 4.79 Å². The van der Waals surface area contributed by atoms with Gasteiger partial charge in [0.15, 0.2) is 11.6 Å². The van der Waals surface area contributed by atoms with Crippen molar-refractivity contribution in [3.63, 3.8) is 0 Å². The minimum absolute atomic E-state index is 0.169. The Morgan fingerprint density at radius 2 is 2.07 bits per heavy atom. The number of nitrogen functional groups attached to an aromatic ring is 1. The highest BCUT2D eigenvalue weighted by Gasteiger charge is 2.25. The molecule has 0 radical (unpaired) electrons. The third kappa shape index (κ3) is 3.98. The van der Waals surface area contributed by atoms with Crippen molar-refractivity contribution < 1.29 is 4.79 Å². The number of aliphatic imine (C=N–C) groups is 1. The normalized spacial score (nSPS) is 14.3. The highest BCUT2D eigenvalue weighted by atomic mass is 16.1. The lowest BCUT2D eigenvalue weighted by Crippen LogP contribution is -2.10. The quantitative estimate of drug-likeness (QED) is 0.331. The molecule has 1 aromatic heterocycles. The zero-order valence-electron chi connectivity index (χ0n) is 16.2. The molecule has 142 valence electrons. The lowest BCUT2D eigenvalue weighted by atomic mass is 9.95. The van der Waals surface area contributed by atoms with Crippen LogP contribution in [-0.2, 0) is 0 Å². The maximum absolute atomic E-state index is 13.1. The van der Waals surface area contributed by atoms with Gasteiger partial charge in [-0.05, 0) is 56.9 Å². The number of pyridine rings is 1. The first-order chi connectivity index (χ1) is 13.5. The molecule has 0 spiro atoms. The number of amidine groups is 1. The van der Waals surface area contributed by atoms with Crippen LogP contribution in [0.25, 0.3) is 12.2 Å². The number of nitrogens with two attached hydrogens (primary N) is 1. The first-order valence-electron chi connectivity index (χ1n) is 9.28. The fourth-order valence-electron chi connectivity index (χ4n) is 3.09. The van der Waals surface area contributed by atoms with Gasteiger partial charge in [-0.2, -0.15) is 0 Å². The molecule has 1 saturated carbocycles. The van der Waals surface area contributed by atoms with Gasteiger partial charge in [-0.25, -0.2) is 4.99 Å². The molecule has 0 amide bonds. The van der Waals surface area contributed by atoms with E-state index in [-0.39, 0.29) is 11.6 Å². The van der Waals surface area contributed by atoms with E-state index in [0.717, 1.165) is 18.6 Å². The summed E-state index contributed by atoms with van der Waals surface area (Å²) in [6.45, 7) is 7.60. The maximum Gasteiger partial charge on any atom is 0.195 e. The summed E-state index contributed by atoms with van der Waals surface area (Å²) in [5, 5.41) is 8.21. The van der Waals surface area contributed by atoms with E-state index >= 15 is 0 Å². The molecule has 5 nitrogen and oxygen atoms in total. The number of hydrogen-bond acceptors (Lipinski definition) is 4. The van der Waals surface area contributed by atoms with Gasteiger partial charge in [-0.3, -0.25) is 15.2 Å². The summed E-state index contributed by atoms with van der Waals surface area (Å²) in [7, 11) is 0. The van der Waals surface area contributed by atoms with E-state index in [1.807, 2.05) is 26.0 Å².